The van der Waals surface area contributed by atoms with Crippen molar-refractivity contribution in [2.45, 2.75) is 43.9 Å². The summed E-state index contributed by atoms with van der Waals surface area (Å²) in [5, 5.41) is 3.62. The molecular formula is C11H23NO2S. The first-order valence-corrected chi connectivity index (χ1v) is 7.28. The molecule has 1 N–H and O–H groups in total. The van der Waals surface area contributed by atoms with Crippen molar-refractivity contribution in [1.29, 1.82) is 0 Å². The Bertz CT molecular complexity index is 193. The van der Waals surface area contributed by atoms with Crippen LogP contribution in [0.1, 0.15) is 32.6 Å². The zero-order chi connectivity index (χ0) is 11.1. The third-order valence-electron chi connectivity index (χ3n) is 2.95. The maximum atomic E-state index is 12.1. The van der Waals surface area contributed by atoms with E-state index in [-0.39, 0.29) is 0 Å². The van der Waals surface area contributed by atoms with Crippen LogP contribution in [-0.4, -0.2) is 41.5 Å². The van der Waals surface area contributed by atoms with Gasteiger partial charge in [-0.1, -0.05) is 13.3 Å². The van der Waals surface area contributed by atoms with Gasteiger partial charge in [-0.2, -0.15) is 0 Å². The Balaban J connectivity index is 2.31. The van der Waals surface area contributed by atoms with Crippen molar-refractivity contribution in [2.75, 3.05) is 26.0 Å². The summed E-state index contributed by atoms with van der Waals surface area (Å²) < 4.78 is 17.3. The van der Waals surface area contributed by atoms with Crippen LogP contribution in [-0.2, 0) is 15.5 Å². The van der Waals surface area contributed by atoms with Gasteiger partial charge in [0.15, 0.2) is 0 Å². The summed E-state index contributed by atoms with van der Waals surface area (Å²) in [5.74, 6) is 0.801. The summed E-state index contributed by atoms with van der Waals surface area (Å²) in [6, 6.07) is 0.415. The molecule has 15 heavy (non-hydrogen) atoms. The molecule has 1 aliphatic rings. The third kappa shape index (κ3) is 4.62. The van der Waals surface area contributed by atoms with Crippen LogP contribution in [0.5, 0.6) is 0 Å². The van der Waals surface area contributed by atoms with Crippen molar-refractivity contribution < 1.29 is 8.95 Å². The highest BCUT2D eigenvalue weighted by molar-refractivity contribution is 7.85. The van der Waals surface area contributed by atoms with Gasteiger partial charge in [0.05, 0.1) is 0 Å². The molecule has 1 aliphatic heterocycles. The Kier molecular flexibility index (Phi) is 6.45. The zero-order valence-electron chi connectivity index (χ0n) is 9.83. The van der Waals surface area contributed by atoms with Gasteiger partial charge in [0.1, 0.15) is 0 Å². The zero-order valence-corrected chi connectivity index (χ0v) is 10.6. The van der Waals surface area contributed by atoms with Crippen molar-refractivity contribution in [3.8, 4) is 0 Å². The highest BCUT2D eigenvalue weighted by Crippen LogP contribution is 2.14. The van der Waals surface area contributed by atoms with Crippen LogP contribution in [0, 0.1) is 0 Å². The van der Waals surface area contributed by atoms with Gasteiger partial charge in [-0.25, -0.2) is 0 Å². The van der Waals surface area contributed by atoms with Gasteiger partial charge in [0.25, 0.3) is 0 Å². The molecule has 0 saturated carbocycles. The maximum Gasteiger partial charge on any atom is 0.0477 e. The molecule has 1 heterocycles. The first kappa shape index (κ1) is 13.1. The van der Waals surface area contributed by atoms with Crippen molar-refractivity contribution in [3.05, 3.63) is 0 Å². The lowest BCUT2D eigenvalue weighted by molar-refractivity contribution is 0.0992. The fourth-order valence-electron chi connectivity index (χ4n) is 1.93. The van der Waals surface area contributed by atoms with Gasteiger partial charge in [0, 0.05) is 41.1 Å². The Morgan fingerprint density at radius 1 is 1.47 bits per heavy atom. The predicted octanol–water partition coefficient (Wildman–Crippen LogP) is 1.30. The smallest absolute Gasteiger partial charge is 0.0477 e. The van der Waals surface area contributed by atoms with E-state index in [2.05, 4.69) is 12.2 Å². The second-order valence-corrected chi connectivity index (χ2v) is 5.89. The van der Waals surface area contributed by atoms with E-state index < -0.39 is 10.8 Å². The molecule has 90 valence electrons. The van der Waals surface area contributed by atoms with Crippen molar-refractivity contribution in [3.63, 3.8) is 0 Å². The fourth-order valence-corrected chi connectivity index (χ4v) is 3.65. The standard InChI is InChI=1S/C11H23NO2S/c1-3-4-10(12-2)9-15(13)11-5-7-14-8-6-11/h10-12H,3-9H2,1-2H3. The van der Waals surface area contributed by atoms with Crippen LogP contribution in [0.4, 0.5) is 0 Å². The van der Waals surface area contributed by atoms with Gasteiger partial charge in [-0.15, -0.1) is 0 Å². The molecule has 1 rings (SSSR count). The Morgan fingerprint density at radius 2 is 2.13 bits per heavy atom. The lowest BCUT2D eigenvalue weighted by Gasteiger charge is -2.23. The van der Waals surface area contributed by atoms with Crippen molar-refractivity contribution in [2.24, 2.45) is 0 Å². The summed E-state index contributed by atoms with van der Waals surface area (Å²) in [4.78, 5) is 0. The maximum absolute atomic E-state index is 12.1. The molecule has 0 radical (unpaired) electrons. The average molecular weight is 233 g/mol. The molecule has 1 fully saturated rings. The Hall–Kier alpha value is 0.0700. The average Bonchev–Trinajstić information content (AvgIpc) is 2.29. The van der Waals surface area contributed by atoms with E-state index in [4.69, 9.17) is 4.74 Å². The molecular weight excluding hydrogens is 210 g/mol. The van der Waals surface area contributed by atoms with Crippen LogP contribution in [0.15, 0.2) is 0 Å². The minimum atomic E-state index is -0.680. The van der Waals surface area contributed by atoms with Crippen molar-refractivity contribution in [1.82, 2.24) is 5.32 Å². The molecule has 1 saturated heterocycles. The van der Waals surface area contributed by atoms with Crippen LogP contribution >= 0.6 is 0 Å². The van der Waals surface area contributed by atoms with E-state index >= 15 is 0 Å². The number of nitrogens with one attached hydrogen (secondary N) is 1. The van der Waals surface area contributed by atoms with Gasteiger partial charge < -0.3 is 10.1 Å². The predicted molar refractivity (Wildman–Crippen MR) is 64.6 cm³/mol. The van der Waals surface area contributed by atoms with Gasteiger partial charge in [-0.3, -0.25) is 4.21 Å². The number of ether oxygens (including phenoxy) is 1. The molecule has 0 aromatic rings. The molecule has 2 unspecified atom stereocenters. The van der Waals surface area contributed by atoms with E-state index in [1.807, 2.05) is 7.05 Å². The lowest BCUT2D eigenvalue weighted by Crippen LogP contribution is -2.35. The Morgan fingerprint density at radius 3 is 2.67 bits per heavy atom. The monoisotopic (exact) mass is 233 g/mol. The second-order valence-electron chi connectivity index (χ2n) is 4.13. The number of hydrogen-bond donors (Lipinski definition) is 1. The second kappa shape index (κ2) is 7.36. The minimum absolute atomic E-state index is 0.367. The van der Waals surface area contributed by atoms with Crippen molar-refractivity contribution >= 4 is 10.8 Å². The lowest BCUT2D eigenvalue weighted by atomic mass is 10.2. The van der Waals surface area contributed by atoms with E-state index in [1.165, 1.54) is 0 Å². The fraction of sp³-hybridized carbons (Fsp3) is 1.00. The summed E-state index contributed by atoms with van der Waals surface area (Å²) >= 11 is 0. The first-order valence-electron chi connectivity index (χ1n) is 5.90. The molecule has 2 atom stereocenters. The van der Waals surface area contributed by atoms with Crippen LogP contribution in [0.2, 0.25) is 0 Å². The molecule has 0 aliphatic carbocycles. The SMILES string of the molecule is CCCC(CS(=O)C1CCOCC1)NC. The van der Waals surface area contributed by atoms with E-state index in [0.29, 0.717) is 11.3 Å². The molecule has 0 aromatic heterocycles. The van der Waals surface area contributed by atoms with E-state index in [0.717, 1.165) is 44.6 Å². The van der Waals surface area contributed by atoms with Gasteiger partial charge >= 0.3 is 0 Å². The minimum Gasteiger partial charge on any atom is -0.381 e. The molecule has 0 spiro atoms. The largest absolute Gasteiger partial charge is 0.381 e. The van der Waals surface area contributed by atoms with Crippen LogP contribution < -0.4 is 5.32 Å². The number of hydrogen-bond acceptors (Lipinski definition) is 3. The normalized spacial score (nSPS) is 22.5. The molecule has 0 aromatic carbocycles. The Labute approximate surface area is 95.4 Å². The molecule has 4 heteroatoms. The summed E-state index contributed by atoms with van der Waals surface area (Å²) in [7, 11) is 1.28. The highest BCUT2D eigenvalue weighted by atomic mass is 32.2. The topological polar surface area (TPSA) is 38.3 Å². The number of rotatable bonds is 6. The third-order valence-corrected chi connectivity index (χ3v) is 4.90. The van der Waals surface area contributed by atoms with Gasteiger partial charge in [0.2, 0.25) is 0 Å². The molecule has 0 amide bonds. The van der Waals surface area contributed by atoms with Crippen LogP contribution in [0.25, 0.3) is 0 Å². The van der Waals surface area contributed by atoms with Gasteiger partial charge in [-0.05, 0) is 26.3 Å². The molecule has 0 bridgehead atoms. The molecule has 3 nitrogen and oxygen atoms in total. The van der Waals surface area contributed by atoms with E-state index in [1.54, 1.807) is 0 Å². The quantitative estimate of drug-likeness (QED) is 0.751. The highest BCUT2D eigenvalue weighted by Gasteiger charge is 2.22. The van der Waals surface area contributed by atoms with Crippen LogP contribution in [0.3, 0.4) is 0 Å². The first-order chi connectivity index (χ1) is 7.27. The van der Waals surface area contributed by atoms with E-state index in [9.17, 15) is 4.21 Å². The summed E-state index contributed by atoms with van der Waals surface area (Å²) in [5.41, 5.74) is 0. The summed E-state index contributed by atoms with van der Waals surface area (Å²) in [6.45, 7) is 3.74. The summed E-state index contributed by atoms with van der Waals surface area (Å²) in [6.07, 6.45) is 4.20.